The predicted molar refractivity (Wildman–Crippen MR) is 125 cm³/mol. The molecule has 0 saturated carbocycles. The number of benzene rings is 2. The van der Waals surface area contributed by atoms with Crippen molar-refractivity contribution in [1.29, 1.82) is 0 Å². The summed E-state index contributed by atoms with van der Waals surface area (Å²) in [6.07, 6.45) is -10.6. The van der Waals surface area contributed by atoms with Crippen LogP contribution < -0.4 is 0 Å². The molecule has 0 amide bonds. The van der Waals surface area contributed by atoms with Crippen molar-refractivity contribution >= 4 is 17.9 Å². The maximum Gasteiger partial charge on any atom is 0.425 e. The molecule has 0 aromatic heterocycles. The van der Waals surface area contributed by atoms with Crippen LogP contribution in [0, 0.1) is 5.92 Å². The van der Waals surface area contributed by atoms with Crippen molar-refractivity contribution in [2.75, 3.05) is 0 Å². The van der Waals surface area contributed by atoms with E-state index in [9.17, 15) is 27.6 Å². The smallest absolute Gasteiger partial charge is 0.425 e. The van der Waals surface area contributed by atoms with Gasteiger partial charge < -0.3 is 18.9 Å². The summed E-state index contributed by atoms with van der Waals surface area (Å²) in [5.74, 6) is -3.38. The van der Waals surface area contributed by atoms with Crippen LogP contribution >= 0.6 is 0 Å². The summed E-state index contributed by atoms with van der Waals surface area (Å²) in [7, 11) is 0. The van der Waals surface area contributed by atoms with Gasteiger partial charge in [-0.25, -0.2) is 4.79 Å². The first-order valence-corrected chi connectivity index (χ1v) is 11.9. The van der Waals surface area contributed by atoms with Crippen molar-refractivity contribution in [3.8, 4) is 0 Å². The molecule has 1 heterocycles. The Kier molecular flexibility index (Phi) is 9.68. The van der Waals surface area contributed by atoms with Crippen LogP contribution in [0.5, 0.6) is 0 Å². The summed E-state index contributed by atoms with van der Waals surface area (Å²) in [5, 5.41) is 0. The fourth-order valence-corrected chi connectivity index (χ4v) is 4.02. The molecule has 0 bridgehead atoms. The molecule has 37 heavy (non-hydrogen) atoms. The highest BCUT2D eigenvalue weighted by Gasteiger charge is 2.47. The number of halogens is 3. The van der Waals surface area contributed by atoms with Crippen LogP contribution in [-0.4, -0.2) is 42.4 Å². The molecule has 0 N–H and O–H groups in total. The largest absolute Gasteiger partial charge is 0.461 e. The molecule has 200 valence electrons. The first-order valence-electron chi connectivity index (χ1n) is 11.9. The summed E-state index contributed by atoms with van der Waals surface area (Å²) >= 11 is 0. The zero-order chi connectivity index (χ0) is 27.0. The second-order valence-electron chi connectivity index (χ2n) is 8.86. The summed E-state index contributed by atoms with van der Waals surface area (Å²) in [4.78, 5) is 36.6. The highest BCUT2D eigenvalue weighted by Crippen LogP contribution is 2.35. The number of carbonyl (C=O) groups is 3. The summed E-state index contributed by atoms with van der Waals surface area (Å²) in [6.45, 7) is 2.73. The van der Waals surface area contributed by atoms with E-state index in [-0.39, 0.29) is 18.6 Å². The summed E-state index contributed by atoms with van der Waals surface area (Å²) in [6, 6.07) is 16.7. The van der Waals surface area contributed by atoms with Gasteiger partial charge in [0.05, 0.1) is 18.1 Å². The van der Waals surface area contributed by atoms with Crippen molar-refractivity contribution in [3.05, 3.63) is 71.8 Å². The topological polar surface area (TPSA) is 88.1 Å². The minimum absolute atomic E-state index is 0.0805. The maximum absolute atomic E-state index is 13.8. The Morgan fingerprint density at radius 2 is 1.57 bits per heavy atom. The summed E-state index contributed by atoms with van der Waals surface area (Å²) in [5.41, 5.74) is 0.995. The second-order valence-corrected chi connectivity index (χ2v) is 8.86. The number of ether oxygens (including phenoxy) is 4. The van der Waals surface area contributed by atoms with Crippen molar-refractivity contribution in [2.45, 2.75) is 70.3 Å². The van der Waals surface area contributed by atoms with Crippen molar-refractivity contribution in [3.63, 3.8) is 0 Å². The lowest BCUT2D eigenvalue weighted by Crippen LogP contribution is -2.39. The molecule has 0 aliphatic carbocycles. The molecule has 1 fully saturated rings. The third-order valence-electron chi connectivity index (χ3n) is 5.99. The van der Waals surface area contributed by atoms with Gasteiger partial charge in [0.2, 0.25) is 6.10 Å². The predicted octanol–water partition coefficient (Wildman–Crippen LogP) is 5.08. The Balaban J connectivity index is 1.59. The normalized spacial score (nSPS) is 19.9. The first kappa shape index (κ1) is 28.2. The Labute approximate surface area is 212 Å². The van der Waals surface area contributed by atoms with E-state index in [1.165, 1.54) is 12.1 Å². The van der Waals surface area contributed by atoms with E-state index in [0.29, 0.717) is 6.42 Å². The minimum atomic E-state index is -4.88. The van der Waals surface area contributed by atoms with Crippen LogP contribution in [0.1, 0.15) is 50.3 Å². The molecule has 0 radical (unpaired) electrons. The zero-order valence-corrected chi connectivity index (χ0v) is 20.5. The van der Waals surface area contributed by atoms with Gasteiger partial charge in [-0.3, -0.25) is 9.59 Å². The van der Waals surface area contributed by atoms with Gasteiger partial charge in [-0.2, -0.15) is 13.2 Å². The molecule has 0 spiro atoms. The zero-order valence-electron chi connectivity index (χ0n) is 20.5. The van der Waals surface area contributed by atoms with E-state index < -0.39 is 60.8 Å². The lowest BCUT2D eigenvalue weighted by Gasteiger charge is -2.26. The lowest BCUT2D eigenvalue weighted by molar-refractivity contribution is -0.233. The molecule has 2 aromatic carbocycles. The highest BCUT2D eigenvalue weighted by atomic mass is 19.4. The third-order valence-corrected chi connectivity index (χ3v) is 5.99. The Hall–Kier alpha value is -3.40. The second kappa shape index (κ2) is 12.7. The van der Waals surface area contributed by atoms with Crippen LogP contribution in [0.25, 0.3) is 0 Å². The molecule has 10 heteroatoms. The van der Waals surface area contributed by atoms with Crippen molar-refractivity contribution in [2.24, 2.45) is 5.92 Å². The highest BCUT2D eigenvalue weighted by molar-refractivity contribution is 5.80. The number of hydrogen-bond acceptors (Lipinski definition) is 7. The van der Waals surface area contributed by atoms with Crippen molar-refractivity contribution < 1.29 is 46.5 Å². The molecule has 1 aliphatic rings. The third kappa shape index (κ3) is 8.31. The van der Waals surface area contributed by atoms with Crippen LogP contribution in [-0.2, 0) is 39.9 Å². The lowest BCUT2D eigenvalue weighted by atomic mass is 10.0. The molecule has 1 saturated heterocycles. The average molecular weight is 523 g/mol. The monoisotopic (exact) mass is 522 g/mol. The van der Waals surface area contributed by atoms with Crippen LogP contribution in [0.3, 0.4) is 0 Å². The fraction of sp³-hybridized carbons (Fsp3) is 0.444. The van der Waals surface area contributed by atoms with E-state index in [4.69, 9.17) is 18.9 Å². The standard InChI is InChI=1S/C27H29F3O7/c1-17(25(32)34-16-19-9-5-3-6-10-19)22-14-13-21(36-22)15-23(27(28,29)30)37-26(33)24(35-18(2)31)20-11-7-4-8-12-20/h3-12,17,21-24H,13-16H2,1-2H3/t17-,21+,22-,23-,24+/m1/s1. The van der Waals surface area contributed by atoms with Gasteiger partial charge in [-0.05, 0) is 25.3 Å². The SMILES string of the molecule is CC(=O)O[C@H](C(=O)O[C@H](C[C@@H]1CC[C@H]([C@@H](C)C(=O)OCc2ccccc2)O1)C(F)(F)F)c1ccccc1. The Bertz CT molecular complexity index is 1040. The number of rotatable bonds is 10. The number of esters is 3. The van der Waals surface area contributed by atoms with Crippen LogP contribution in [0.15, 0.2) is 60.7 Å². The summed E-state index contributed by atoms with van der Waals surface area (Å²) < 4.78 is 62.2. The van der Waals surface area contributed by atoms with E-state index in [0.717, 1.165) is 12.5 Å². The van der Waals surface area contributed by atoms with E-state index >= 15 is 0 Å². The van der Waals surface area contributed by atoms with E-state index in [1.54, 1.807) is 25.1 Å². The average Bonchev–Trinajstić information content (AvgIpc) is 3.34. The molecule has 0 unspecified atom stereocenters. The Morgan fingerprint density at radius 3 is 2.16 bits per heavy atom. The number of alkyl halides is 3. The van der Waals surface area contributed by atoms with Gasteiger partial charge in [0, 0.05) is 18.9 Å². The molecule has 7 nitrogen and oxygen atoms in total. The number of carbonyl (C=O) groups excluding carboxylic acids is 3. The van der Waals surface area contributed by atoms with Gasteiger partial charge in [0.25, 0.3) is 0 Å². The van der Waals surface area contributed by atoms with Gasteiger partial charge in [-0.15, -0.1) is 0 Å². The maximum atomic E-state index is 13.8. The molecule has 5 atom stereocenters. The van der Waals surface area contributed by atoms with E-state index in [2.05, 4.69) is 0 Å². The molecule has 2 aromatic rings. The van der Waals surface area contributed by atoms with Gasteiger partial charge >= 0.3 is 24.1 Å². The van der Waals surface area contributed by atoms with Crippen molar-refractivity contribution in [1.82, 2.24) is 0 Å². The van der Waals surface area contributed by atoms with Gasteiger partial charge in [0.15, 0.2) is 6.10 Å². The fourth-order valence-electron chi connectivity index (χ4n) is 4.02. The van der Waals surface area contributed by atoms with Gasteiger partial charge in [0.1, 0.15) is 6.61 Å². The molecule has 3 rings (SSSR count). The number of hydrogen-bond donors (Lipinski definition) is 0. The van der Waals surface area contributed by atoms with E-state index in [1.807, 2.05) is 30.3 Å². The first-order chi connectivity index (χ1) is 17.5. The minimum Gasteiger partial charge on any atom is -0.461 e. The van der Waals surface area contributed by atoms with Gasteiger partial charge in [-0.1, -0.05) is 60.7 Å². The van der Waals surface area contributed by atoms with Crippen LogP contribution in [0.2, 0.25) is 0 Å². The molecular formula is C27H29F3O7. The Morgan fingerprint density at radius 1 is 0.946 bits per heavy atom. The quantitative estimate of drug-likeness (QED) is 0.318. The van der Waals surface area contributed by atoms with Crippen LogP contribution in [0.4, 0.5) is 13.2 Å². The molecule has 1 aliphatic heterocycles. The molecular weight excluding hydrogens is 493 g/mol.